The van der Waals surface area contributed by atoms with Gasteiger partial charge < -0.3 is 0 Å². The van der Waals surface area contributed by atoms with Crippen LogP contribution in [-0.4, -0.2) is 4.98 Å². The summed E-state index contributed by atoms with van der Waals surface area (Å²) < 4.78 is 0. The molecule has 0 aliphatic rings. The lowest BCUT2D eigenvalue weighted by Crippen LogP contribution is -2.07. The highest BCUT2D eigenvalue weighted by Gasteiger charge is 2.15. The van der Waals surface area contributed by atoms with Crippen LogP contribution in [0.3, 0.4) is 0 Å². The molecule has 22 heavy (non-hydrogen) atoms. The molecule has 0 radical (unpaired) electrons. The number of aromatic nitrogens is 1. The molecule has 0 fully saturated rings. The number of fused-ring (bicyclic) bond motifs is 1. The van der Waals surface area contributed by atoms with Gasteiger partial charge in [0.05, 0.1) is 5.52 Å². The van der Waals surface area contributed by atoms with Crippen LogP contribution in [0.5, 0.6) is 0 Å². The highest BCUT2D eigenvalue weighted by molar-refractivity contribution is 5.95. The number of pyridine rings is 1. The summed E-state index contributed by atoms with van der Waals surface area (Å²) >= 11 is 0. The molecule has 0 aliphatic carbocycles. The Morgan fingerprint density at radius 2 is 1.55 bits per heavy atom. The van der Waals surface area contributed by atoms with E-state index in [0.29, 0.717) is 5.41 Å². The predicted octanol–water partition coefficient (Wildman–Crippen LogP) is 5.88. The Kier molecular flexibility index (Phi) is 3.98. The van der Waals surface area contributed by atoms with E-state index in [0.717, 1.165) is 18.4 Å². The molecule has 112 valence electrons. The number of nitrogens with zero attached hydrogens (tertiary/aromatic N) is 1. The van der Waals surface area contributed by atoms with Crippen LogP contribution in [0.4, 0.5) is 0 Å². The van der Waals surface area contributed by atoms with Crippen LogP contribution in [0.1, 0.15) is 32.8 Å². The van der Waals surface area contributed by atoms with E-state index in [2.05, 4.69) is 86.5 Å². The fourth-order valence-corrected chi connectivity index (χ4v) is 2.83. The Labute approximate surface area is 133 Å². The number of hydrogen-bond acceptors (Lipinski definition) is 1. The summed E-state index contributed by atoms with van der Waals surface area (Å²) in [5.74, 6) is 0. The van der Waals surface area contributed by atoms with E-state index in [1.54, 1.807) is 0 Å². The second-order valence-corrected chi connectivity index (χ2v) is 7.10. The monoisotopic (exact) mass is 289 g/mol. The first kappa shape index (κ1) is 14.8. The van der Waals surface area contributed by atoms with Crippen LogP contribution in [0, 0.1) is 5.41 Å². The lowest BCUT2D eigenvalue weighted by molar-refractivity contribution is 0.378. The highest BCUT2D eigenvalue weighted by atomic mass is 14.7. The van der Waals surface area contributed by atoms with Crippen LogP contribution < -0.4 is 0 Å². The molecule has 1 heteroatoms. The maximum absolute atomic E-state index is 4.67. The maximum Gasteiger partial charge on any atom is 0.0708 e. The number of aryl methyl sites for hydroxylation is 1. The van der Waals surface area contributed by atoms with Crippen LogP contribution >= 0.6 is 0 Å². The van der Waals surface area contributed by atoms with Gasteiger partial charge in [-0.05, 0) is 41.0 Å². The first-order chi connectivity index (χ1) is 10.5. The van der Waals surface area contributed by atoms with Crippen molar-refractivity contribution in [1.29, 1.82) is 0 Å². The Balaban J connectivity index is 2.15. The highest BCUT2D eigenvalue weighted by Crippen LogP contribution is 2.33. The van der Waals surface area contributed by atoms with Gasteiger partial charge in [0.2, 0.25) is 0 Å². The Hall–Kier alpha value is -2.15. The Bertz CT molecular complexity index is 767. The number of rotatable bonds is 3. The first-order valence-electron chi connectivity index (χ1n) is 7.97. The van der Waals surface area contributed by atoms with Gasteiger partial charge in [-0.15, -0.1) is 0 Å². The zero-order valence-electron chi connectivity index (χ0n) is 13.6. The van der Waals surface area contributed by atoms with Crippen molar-refractivity contribution in [2.75, 3.05) is 0 Å². The van der Waals surface area contributed by atoms with Crippen molar-refractivity contribution in [3.8, 4) is 11.1 Å². The van der Waals surface area contributed by atoms with E-state index in [4.69, 9.17) is 0 Å². The van der Waals surface area contributed by atoms with Gasteiger partial charge in [-0.25, -0.2) is 0 Å². The molecule has 0 bridgehead atoms. The minimum absolute atomic E-state index is 0.333. The lowest BCUT2D eigenvalue weighted by atomic mass is 9.86. The molecule has 0 N–H and O–H groups in total. The van der Waals surface area contributed by atoms with Crippen molar-refractivity contribution in [2.45, 2.75) is 33.6 Å². The quantitative estimate of drug-likeness (QED) is 0.586. The second-order valence-electron chi connectivity index (χ2n) is 7.10. The largest absolute Gasteiger partial charge is 0.256 e. The second kappa shape index (κ2) is 5.92. The van der Waals surface area contributed by atoms with Crippen LogP contribution in [-0.2, 0) is 6.42 Å². The molecule has 1 aromatic heterocycles. The molecule has 2 aromatic carbocycles. The van der Waals surface area contributed by atoms with Gasteiger partial charge in [-0.1, -0.05) is 69.3 Å². The third-order valence-electron chi connectivity index (χ3n) is 4.06. The third kappa shape index (κ3) is 3.19. The van der Waals surface area contributed by atoms with Crippen molar-refractivity contribution < 1.29 is 0 Å². The molecule has 0 unspecified atom stereocenters. The van der Waals surface area contributed by atoms with Gasteiger partial charge in [-0.3, -0.25) is 4.98 Å². The molecule has 1 nitrogen and oxygen atoms in total. The van der Waals surface area contributed by atoms with Gasteiger partial charge in [0.1, 0.15) is 0 Å². The minimum atomic E-state index is 0.333. The van der Waals surface area contributed by atoms with Gasteiger partial charge in [0.15, 0.2) is 0 Å². The van der Waals surface area contributed by atoms with Crippen LogP contribution in [0.15, 0.2) is 60.8 Å². The van der Waals surface area contributed by atoms with E-state index in [1.165, 1.54) is 22.1 Å². The van der Waals surface area contributed by atoms with Gasteiger partial charge in [0.25, 0.3) is 0 Å². The molecular weight excluding hydrogens is 266 g/mol. The first-order valence-corrected chi connectivity index (χ1v) is 7.97. The smallest absolute Gasteiger partial charge is 0.0708 e. The number of para-hydroxylation sites is 1. The molecular formula is C21H23N. The molecule has 3 rings (SSSR count). The standard InChI is InChI=1S/C21H23N/c1-21(2,3)14-13-17-15-22-19-12-8-7-11-18(19)20(17)16-9-5-4-6-10-16/h4-12,15H,13-14H2,1-3H3. The summed E-state index contributed by atoms with van der Waals surface area (Å²) in [7, 11) is 0. The van der Waals surface area contributed by atoms with Crippen molar-refractivity contribution in [3.63, 3.8) is 0 Å². The maximum atomic E-state index is 4.67. The van der Waals surface area contributed by atoms with Gasteiger partial charge in [-0.2, -0.15) is 0 Å². The van der Waals surface area contributed by atoms with E-state index in [-0.39, 0.29) is 0 Å². The summed E-state index contributed by atoms with van der Waals surface area (Å²) in [6.07, 6.45) is 4.29. The summed E-state index contributed by atoms with van der Waals surface area (Å²) in [4.78, 5) is 4.67. The van der Waals surface area contributed by atoms with Gasteiger partial charge >= 0.3 is 0 Å². The topological polar surface area (TPSA) is 12.9 Å². The molecule has 0 saturated carbocycles. The summed E-state index contributed by atoms with van der Waals surface area (Å²) in [6.45, 7) is 6.89. The summed E-state index contributed by atoms with van der Waals surface area (Å²) in [5, 5.41) is 1.25. The molecule has 3 aromatic rings. The molecule has 0 amide bonds. The normalized spacial score (nSPS) is 11.8. The Morgan fingerprint density at radius 3 is 2.27 bits per heavy atom. The SMILES string of the molecule is CC(C)(C)CCc1cnc2ccccc2c1-c1ccccc1. The van der Waals surface area contributed by atoms with E-state index < -0.39 is 0 Å². The zero-order valence-corrected chi connectivity index (χ0v) is 13.6. The Morgan fingerprint density at radius 1 is 0.864 bits per heavy atom. The van der Waals surface area contributed by atoms with Crippen molar-refractivity contribution >= 4 is 10.9 Å². The number of hydrogen-bond donors (Lipinski definition) is 0. The fourth-order valence-electron chi connectivity index (χ4n) is 2.83. The molecule has 0 atom stereocenters. The fraction of sp³-hybridized carbons (Fsp3) is 0.286. The van der Waals surface area contributed by atoms with Crippen molar-refractivity contribution in [2.24, 2.45) is 5.41 Å². The van der Waals surface area contributed by atoms with E-state index in [9.17, 15) is 0 Å². The average Bonchev–Trinajstić information content (AvgIpc) is 2.52. The molecule has 0 saturated heterocycles. The molecule has 1 heterocycles. The lowest BCUT2D eigenvalue weighted by Gasteiger charge is -2.20. The summed E-state index contributed by atoms with van der Waals surface area (Å²) in [6, 6.07) is 19.1. The van der Waals surface area contributed by atoms with Crippen molar-refractivity contribution in [1.82, 2.24) is 4.98 Å². The summed E-state index contributed by atoms with van der Waals surface area (Å²) in [5.41, 5.74) is 5.38. The molecule has 0 spiro atoms. The van der Waals surface area contributed by atoms with Crippen LogP contribution in [0.2, 0.25) is 0 Å². The van der Waals surface area contributed by atoms with E-state index >= 15 is 0 Å². The zero-order chi connectivity index (χ0) is 15.6. The van der Waals surface area contributed by atoms with E-state index in [1.807, 2.05) is 0 Å². The number of benzene rings is 2. The third-order valence-corrected chi connectivity index (χ3v) is 4.06. The average molecular weight is 289 g/mol. The van der Waals surface area contributed by atoms with Gasteiger partial charge in [0, 0.05) is 11.6 Å². The molecule has 0 aliphatic heterocycles. The van der Waals surface area contributed by atoms with Crippen molar-refractivity contribution in [3.05, 3.63) is 66.4 Å². The van der Waals surface area contributed by atoms with Crippen LogP contribution in [0.25, 0.3) is 22.0 Å². The predicted molar refractivity (Wildman–Crippen MR) is 95.0 cm³/mol. The minimum Gasteiger partial charge on any atom is -0.256 e.